The number of carbonyl (C=O) groups excluding carboxylic acids is 2. The molecule has 0 aromatic heterocycles. The number of nitrogens with zero attached hydrogens (tertiary/aromatic N) is 1. The molecule has 0 spiro atoms. The molecule has 0 bridgehead atoms. The summed E-state index contributed by atoms with van der Waals surface area (Å²) in [5.41, 5.74) is 1.00. The average molecular weight is 477 g/mol. The molecule has 33 heavy (non-hydrogen) atoms. The third-order valence-electron chi connectivity index (χ3n) is 4.90. The number of methoxy groups -OCH3 is 1. The molecule has 1 unspecified atom stereocenters. The second-order valence-electron chi connectivity index (χ2n) is 7.08. The number of nitro groups is 1. The normalized spacial score (nSPS) is 13.3. The molecule has 11 heteroatoms. The van der Waals surface area contributed by atoms with Crippen LogP contribution in [0.2, 0.25) is 0 Å². The molecule has 1 atom stereocenters. The minimum absolute atomic E-state index is 0.00291. The Morgan fingerprint density at radius 1 is 1.30 bits per heavy atom. The maximum atomic E-state index is 12.9. The van der Waals surface area contributed by atoms with Gasteiger partial charge in [0.2, 0.25) is 0 Å². The SMILES string of the molecule is COc1ccccc1C(=O)NC(CCSC)C(=O)OCc1cc([N+](=O)[O-])cc2c1OCOC2. The smallest absolute Gasteiger partial charge is 0.329 e. The van der Waals surface area contributed by atoms with E-state index in [2.05, 4.69) is 5.32 Å². The van der Waals surface area contributed by atoms with Gasteiger partial charge in [-0.1, -0.05) is 12.1 Å². The van der Waals surface area contributed by atoms with Gasteiger partial charge in [-0.15, -0.1) is 0 Å². The third-order valence-corrected chi connectivity index (χ3v) is 5.55. The molecule has 1 aliphatic rings. The first-order valence-electron chi connectivity index (χ1n) is 10.0. The van der Waals surface area contributed by atoms with Crippen molar-refractivity contribution in [2.24, 2.45) is 0 Å². The Labute approximate surface area is 194 Å². The Hall–Kier alpha value is -3.31. The largest absolute Gasteiger partial charge is 0.496 e. The van der Waals surface area contributed by atoms with Crippen molar-refractivity contribution >= 4 is 29.3 Å². The Bertz CT molecular complexity index is 1030. The summed E-state index contributed by atoms with van der Waals surface area (Å²) in [5, 5.41) is 14.0. The number of ether oxygens (including phenoxy) is 4. The number of nitrogens with one attached hydrogen (secondary N) is 1. The van der Waals surface area contributed by atoms with Crippen molar-refractivity contribution in [1.29, 1.82) is 0 Å². The third kappa shape index (κ3) is 6.14. The van der Waals surface area contributed by atoms with E-state index < -0.39 is 22.8 Å². The Morgan fingerprint density at radius 2 is 2.09 bits per heavy atom. The van der Waals surface area contributed by atoms with Crippen LogP contribution in [0, 0.1) is 10.1 Å². The van der Waals surface area contributed by atoms with Gasteiger partial charge in [0.15, 0.2) is 6.79 Å². The number of nitro benzene ring substituents is 1. The van der Waals surface area contributed by atoms with Gasteiger partial charge in [-0.25, -0.2) is 4.79 Å². The van der Waals surface area contributed by atoms with Crippen LogP contribution in [-0.2, 0) is 27.5 Å². The number of hydrogen-bond acceptors (Lipinski definition) is 9. The van der Waals surface area contributed by atoms with Crippen molar-refractivity contribution in [3.8, 4) is 11.5 Å². The molecule has 3 rings (SSSR count). The predicted octanol–water partition coefficient (Wildman–Crippen LogP) is 3.06. The van der Waals surface area contributed by atoms with E-state index in [4.69, 9.17) is 18.9 Å². The number of thioether (sulfide) groups is 1. The molecular formula is C22H24N2O8S. The average Bonchev–Trinajstić information content (AvgIpc) is 2.84. The van der Waals surface area contributed by atoms with Gasteiger partial charge in [0.05, 0.1) is 24.2 Å². The summed E-state index contributed by atoms with van der Waals surface area (Å²) in [5.74, 6) is 0.273. The zero-order valence-corrected chi connectivity index (χ0v) is 19.0. The molecular weight excluding hydrogens is 452 g/mol. The maximum absolute atomic E-state index is 12.9. The molecule has 10 nitrogen and oxygen atoms in total. The summed E-state index contributed by atoms with van der Waals surface area (Å²) in [6, 6.07) is 8.45. The maximum Gasteiger partial charge on any atom is 0.329 e. The minimum atomic E-state index is -0.909. The van der Waals surface area contributed by atoms with Gasteiger partial charge in [0.1, 0.15) is 24.1 Å². The highest BCUT2D eigenvalue weighted by Crippen LogP contribution is 2.33. The predicted molar refractivity (Wildman–Crippen MR) is 120 cm³/mol. The first kappa shape index (κ1) is 24.3. The summed E-state index contributed by atoms with van der Waals surface area (Å²) >= 11 is 1.52. The lowest BCUT2D eigenvalue weighted by Crippen LogP contribution is -2.42. The van der Waals surface area contributed by atoms with Crippen LogP contribution in [-0.4, -0.2) is 48.8 Å². The summed E-state index contributed by atoms with van der Waals surface area (Å²) in [6.07, 6.45) is 2.23. The van der Waals surface area contributed by atoms with Gasteiger partial charge in [-0.2, -0.15) is 11.8 Å². The number of hydrogen-bond donors (Lipinski definition) is 1. The highest BCUT2D eigenvalue weighted by molar-refractivity contribution is 7.98. The van der Waals surface area contributed by atoms with E-state index in [9.17, 15) is 19.7 Å². The molecule has 2 aromatic carbocycles. The van der Waals surface area contributed by atoms with Crippen LogP contribution in [0.25, 0.3) is 0 Å². The molecule has 176 valence electrons. The number of benzene rings is 2. The quantitative estimate of drug-likeness (QED) is 0.313. The van der Waals surface area contributed by atoms with Gasteiger partial charge >= 0.3 is 5.97 Å². The summed E-state index contributed by atoms with van der Waals surface area (Å²) < 4.78 is 21.3. The zero-order chi connectivity index (χ0) is 23.8. The molecule has 1 heterocycles. The van der Waals surface area contributed by atoms with Gasteiger partial charge in [0.25, 0.3) is 11.6 Å². The van der Waals surface area contributed by atoms with Crippen LogP contribution in [0.15, 0.2) is 36.4 Å². The van der Waals surface area contributed by atoms with Crippen LogP contribution in [0.3, 0.4) is 0 Å². The van der Waals surface area contributed by atoms with Gasteiger partial charge in [0, 0.05) is 23.3 Å². The van der Waals surface area contributed by atoms with Crippen molar-refractivity contribution in [1.82, 2.24) is 5.32 Å². The Kier molecular flexibility index (Phi) is 8.50. The van der Waals surface area contributed by atoms with Crippen LogP contribution in [0.5, 0.6) is 11.5 Å². The Morgan fingerprint density at radius 3 is 2.82 bits per heavy atom. The van der Waals surface area contributed by atoms with Crippen molar-refractivity contribution < 1.29 is 33.5 Å². The molecule has 0 radical (unpaired) electrons. The fourth-order valence-electron chi connectivity index (χ4n) is 3.30. The highest BCUT2D eigenvalue weighted by atomic mass is 32.2. The lowest BCUT2D eigenvalue weighted by atomic mass is 10.1. The molecule has 1 aliphatic heterocycles. The van der Waals surface area contributed by atoms with E-state index >= 15 is 0 Å². The number of esters is 1. The van der Waals surface area contributed by atoms with Crippen LogP contribution >= 0.6 is 11.8 Å². The number of para-hydroxylation sites is 1. The molecule has 0 fully saturated rings. The lowest BCUT2D eigenvalue weighted by Gasteiger charge is -2.21. The van der Waals surface area contributed by atoms with Crippen molar-refractivity contribution in [3.05, 3.63) is 63.2 Å². The van der Waals surface area contributed by atoms with Crippen LogP contribution in [0.4, 0.5) is 5.69 Å². The number of non-ortho nitro benzene ring substituents is 1. The van der Waals surface area contributed by atoms with Crippen molar-refractivity contribution in [2.45, 2.75) is 25.7 Å². The summed E-state index contributed by atoms with van der Waals surface area (Å²) in [4.78, 5) is 36.4. The first-order valence-corrected chi connectivity index (χ1v) is 11.4. The van der Waals surface area contributed by atoms with Crippen molar-refractivity contribution in [2.75, 3.05) is 25.9 Å². The van der Waals surface area contributed by atoms with E-state index in [0.29, 0.717) is 40.4 Å². The van der Waals surface area contributed by atoms with E-state index in [1.54, 1.807) is 24.3 Å². The second-order valence-corrected chi connectivity index (χ2v) is 8.06. The molecule has 2 aromatic rings. The zero-order valence-electron chi connectivity index (χ0n) is 18.2. The fraction of sp³-hybridized carbons (Fsp3) is 0.364. The number of carbonyl (C=O) groups is 2. The monoisotopic (exact) mass is 476 g/mol. The van der Waals surface area contributed by atoms with E-state index in [1.807, 2.05) is 6.26 Å². The van der Waals surface area contributed by atoms with Gasteiger partial charge in [-0.05, 0) is 30.6 Å². The lowest BCUT2D eigenvalue weighted by molar-refractivity contribution is -0.385. The fourth-order valence-corrected chi connectivity index (χ4v) is 3.77. The highest BCUT2D eigenvalue weighted by Gasteiger charge is 2.26. The van der Waals surface area contributed by atoms with E-state index in [0.717, 1.165) is 0 Å². The summed E-state index contributed by atoms with van der Waals surface area (Å²) in [6.45, 7) is -0.0938. The van der Waals surface area contributed by atoms with E-state index in [-0.39, 0.29) is 25.7 Å². The van der Waals surface area contributed by atoms with Crippen molar-refractivity contribution in [3.63, 3.8) is 0 Å². The van der Waals surface area contributed by atoms with Crippen LogP contribution < -0.4 is 14.8 Å². The molecule has 0 saturated carbocycles. The number of fused-ring (bicyclic) bond motifs is 1. The molecule has 1 amide bonds. The second kappa shape index (κ2) is 11.5. The molecule has 0 aliphatic carbocycles. The standard InChI is InChI=1S/C22H24N2O8S/c1-29-19-6-4-3-5-17(19)21(25)23-18(7-8-33-2)22(26)31-12-15-10-16(24(27)28)9-14-11-30-13-32-20(14)15/h3-6,9-10,18H,7-8,11-13H2,1-2H3,(H,23,25). The van der Waals surface area contributed by atoms with Gasteiger partial charge < -0.3 is 24.3 Å². The minimum Gasteiger partial charge on any atom is -0.496 e. The van der Waals surface area contributed by atoms with Gasteiger partial charge in [-0.3, -0.25) is 14.9 Å². The number of rotatable bonds is 10. The van der Waals surface area contributed by atoms with Crippen LogP contribution in [0.1, 0.15) is 27.9 Å². The molecule has 1 N–H and O–H groups in total. The molecule has 0 saturated heterocycles. The Balaban J connectivity index is 1.75. The van der Waals surface area contributed by atoms with E-state index in [1.165, 1.54) is 31.0 Å². The first-order chi connectivity index (χ1) is 15.9. The number of amides is 1. The topological polar surface area (TPSA) is 126 Å². The summed E-state index contributed by atoms with van der Waals surface area (Å²) in [7, 11) is 1.46.